The Hall–Kier alpha value is -3.03. The van der Waals surface area contributed by atoms with E-state index < -0.39 is 10.0 Å². The lowest BCUT2D eigenvalue weighted by Crippen LogP contribution is -2.26. The topological polar surface area (TPSA) is 75.7 Å². The summed E-state index contributed by atoms with van der Waals surface area (Å²) in [5, 5.41) is 3.25. The molecule has 0 bridgehead atoms. The predicted octanol–water partition coefficient (Wildman–Crippen LogP) is 5.12. The monoisotopic (exact) mass is 458 g/mol. The number of anilines is 2. The first-order chi connectivity index (χ1) is 14.7. The highest BCUT2D eigenvalue weighted by Crippen LogP contribution is 2.29. The van der Waals surface area contributed by atoms with Crippen molar-refractivity contribution in [2.45, 2.75) is 18.7 Å². The molecule has 0 aromatic heterocycles. The normalized spacial score (nSPS) is 11.1. The third-order valence-electron chi connectivity index (χ3n) is 4.66. The second-order valence-electron chi connectivity index (χ2n) is 6.86. The van der Waals surface area contributed by atoms with E-state index in [-0.39, 0.29) is 10.8 Å². The summed E-state index contributed by atoms with van der Waals surface area (Å²) in [6.45, 7) is 4.19. The zero-order chi connectivity index (χ0) is 22.6. The summed E-state index contributed by atoms with van der Waals surface area (Å²) in [5.74, 6) is 0.152. The number of aryl methyl sites for hydroxylation is 1. The molecule has 6 nitrogen and oxygen atoms in total. The highest BCUT2D eigenvalue weighted by Gasteiger charge is 2.21. The Bertz CT molecular complexity index is 1180. The Morgan fingerprint density at radius 1 is 1.03 bits per heavy atom. The van der Waals surface area contributed by atoms with Crippen LogP contribution in [0.15, 0.2) is 71.6 Å². The second kappa shape index (κ2) is 9.41. The molecule has 162 valence electrons. The third-order valence-corrected chi connectivity index (χ3v) is 6.70. The summed E-state index contributed by atoms with van der Waals surface area (Å²) in [4.78, 5) is 12.9. The molecule has 0 radical (unpaired) electrons. The zero-order valence-electron chi connectivity index (χ0n) is 17.4. The molecule has 3 aromatic carbocycles. The summed E-state index contributed by atoms with van der Waals surface area (Å²) >= 11 is 6.03. The molecule has 3 aromatic rings. The lowest BCUT2D eigenvalue weighted by Gasteiger charge is -2.20. The number of hydrogen-bond acceptors (Lipinski definition) is 4. The van der Waals surface area contributed by atoms with Crippen LogP contribution in [0.25, 0.3) is 0 Å². The van der Waals surface area contributed by atoms with Crippen molar-refractivity contribution in [3.63, 3.8) is 0 Å². The van der Waals surface area contributed by atoms with Crippen molar-refractivity contribution in [2.75, 3.05) is 23.3 Å². The van der Waals surface area contributed by atoms with Crippen LogP contribution in [0, 0.1) is 6.92 Å². The SMILES string of the molecule is CCOc1ccc(Cl)cc1NC(=O)c1ccc(N(C)S(=O)(=O)c2ccc(C)cc2)cc1. The van der Waals surface area contributed by atoms with Gasteiger partial charge in [0, 0.05) is 17.6 Å². The van der Waals surface area contributed by atoms with Crippen LogP contribution in [-0.4, -0.2) is 28.0 Å². The molecule has 0 heterocycles. The van der Waals surface area contributed by atoms with Crippen molar-refractivity contribution in [1.82, 2.24) is 0 Å². The highest BCUT2D eigenvalue weighted by molar-refractivity contribution is 7.92. The predicted molar refractivity (Wildman–Crippen MR) is 124 cm³/mol. The summed E-state index contributed by atoms with van der Waals surface area (Å²) < 4.78 is 32.4. The van der Waals surface area contributed by atoms with Gasteiger partial charge in [0.1, 0.15) is 5.75 Å². The van der Waals surface area contributed by atoms with Crippen molar-refractivity contribution in [2.24, 2.45) is 0 Å². The lowest BCUT2D eigenvalue weighted by atomic mass is 10.2. The molecule has 0 atom stereocenters. The molecule has 3 rings (SSSR count). The molecular formula is C23H23ClN2O4S. The van der Waals surface area contributed by atoms with Crippen molar-refractivity contribution >= 4 is 38.9 Å². The van der Waals surface area contributed by atoms with Crippen LogP contribution in [0.3, 0.4) is 0 Å². The van der Waals surface area contributed by atoms with Crippen molar-refractivity contribution in [3.05, 3.63) is 82.9 Å². The highest BCUT2D eigenvalue weighted by atomic mass is 35.5. The number of nitrogens with zero attached hydrogens (tertiary/aromatic N) is 1. The number of ether oxygens (including phenoxy) is 1. The Labute approximate surface area is 187 Å². The van der Waals surface area contributed by atoms with Gasteiger partial charge in [0.05, 0.1) is 22.9 Å². The largest absolute Gasteiger partial charge is 0.492 e. The fourth-order valence-corrected chi connectivity index (χ4v) is 4.27. The van der Waals surface area contributed by atoms with E-state index in [9.17, 15) is 13.2 Å². The lowest BCUT2D eigenvalue weighted by molar-refractivity contribution is 0.102. The average Bonchev–Trinajstić information content (AvgIpc) is 2.75. The van der Waals surface area contributed by atoms with Crippen LogP contribution >= 0.6 is 11.6 Å². The van der Waals surface area contributed by atoms with Gasteiger partial charge in [0.2, 0.25) is 0 Å². The average molecular weight is 459 g/mol. The van der Waals surface area contributed by atoms with Gasteiger partial charge in [-0.2, -0.15) is 0 Å². The minimum atomic E-state index is -3.71. The molecule has 1 N–H and O–H groups in total. The van der Waals surface area contributed by atoms with E-state index >= 15 is 0 Å². The molecule has 0 aliphatic rings. The molecule has 0 saturated carbocycles. The smallest absolute Gasteiger partial charge is 0.264 e. The van der Waals surface area contributed by atoms with E-state index in [0.717, 1.165) is 5.56 Å². The van der Waals surface area contributed by atoms with Crippen LogP contribution < -0.4 is 14.4 Å². The molecule has 0 aliphatic carbocycles. The van der Waals surface area contributed by atoms with Gasteiger partial charge in [-0.15, -0.1) is 0 Å². The van der Waals surface area contributed by atoms with Gasteiger partial charge in [-0.25, -0.2) is 8.42 Å². The van der Waals surface area contributed by atoms with Crippen molar-refractivity contribution in [1.29, 1.82) is 0 Å². The van der Waals surface area contributed by atoms with E-state index in [1.54, 1.807) is 66.7 Å². The number of hydrogen-bond donors (Lipinski definition) is 1. The molecular weight excluding hydrogens is 436 g/mol. The molecule has 0 spiro atoms. The number of rotatable bonds is 7. The quantitative estimate of drug-likeness (QED) is 0.532. The number of sulfonamides is 1. The van der Waals surface area contributed by atoms with Gasteiger partial charge >= 0.3 is 0 Å². The molecule has 1 amide bonds. The van der Waals surface area contributed by atoms with Crippen LogP contribution in [-0.2, 0) is 10.0 Å². The Kier molecular flexibility index (Phi) is 6.87. The minimum Gasteiger partial charge on any atom is -0.492 e. The van der Waals surface area contributed by atoms with E-state index in [2.05, 4.69) is 5.32 Å². The summed E-state index contributed by atoms with van der Waals surface area (Å²) in [6.07, 6.45) is 0. The Morgan fingerprint density at radius 3 is 2.29 bits per heavy atom. The molecule has 0 unspecified atom stereocenters. The Morgan fingerprint density at radius 2 is 1.68 bits per heavy atom. The first-order valence-corrected chi connectivity index (χ1v) is 11.4. The van der Waals surface area contributed by atoms with Gasteiger partial charge in [-0.3, -0.25) is 9.10 Å². The third kappa shape index (κ3) is 5.18. The molecule has 8 heteroatoms. The van der Waals surface area contributed by atoms with E-state index in [1.165, 1.54) is 11.4 Å². The van der Waals surface area contributed by atoms with Gasteiger partial charge in [0.25, 0.3) is 15.9 Å². The first kappa shape index (κ1) is 22.7. The second-order valence-corrected chi connectivity index (χ2v) is 9.27. The maximum Gasteiger partial charge on any atom is 0.264 e. The van der Waals surface area contributed by atoms with E-state index in [1.807, 2.05) is 13.8 Å². The van der Waals surface area contributed by atoms with Crippen molar-refractivity contribution < 1.29 is 17.9 Å². The van der Waals surface area contributed by atoms with Crippen LogP contribution in [0.1, 0.15) is 22.8 Å². The molecule has 31 heavy (non-hydrogen) atoms. The van der Waals surface area contributed by atoms with E-state index in [0.29, 0.717) is 34.3 Å². The zero-order valence-corrected chi connectivity index (χ0v) is 19.0. The number of nitrogens with one attached hydrogen (secondary N) is 1. The maximum atomic E-state index is 12.9. The maximum absolute atomic E-state index is 12.9. The van der Waals surface area contributed by atoms with E-state index in [4.69, 9.17) is 16.3 Å². The number of carbonyl (C=O) groups excluding carboxylic acids is 1. The van der Waals surface area contributed by atoms with Gasteiger partial charge in [-0.05, 0) is 68.4 Å². The van der Waals surface area contributed by atoms with Gasteiger partial charge in [0.15, 0.2) is 0 Å². The molecule has 0 aliphatic heterocycles. The summed E-state index contributed by atoms with van der Waals surface area (Å²) in [7, 11) is -2.23. The number of benzene rings is 3. The molecule has 0 fully saturated rings. The molecule has 0 saturated heterocycles. The number of amides is 1. The van der Waals surface area contributed by atoms with Gasteiger partial charge < -0.3 is 10.1 Å². The van der Waals surface area contributed by atoms with Crippen molar-refractivity contribution in [3.8, 4) is 5.75 Å². The first-order valence-electron chi connectivity index (χ1n) is 9.61. The summed E-state index contributed by atoms with van der Waals surface area (Å²) in [5.41, 5.74) is 2.24. The van der Waals surface area contributed by atoms with Crippen LogP contribution in [0.2, 0.25) is 5.02 Å². The number of carbonyl (C=O) groups is 1. The van der Waals surface area contributed by atoms with Gasteiger partial charge in [-0.1, -0.05) is 29.3 Å². The standard InChI is InChI=1S/C23H23ClN2O4S/c1-4-30-22-14-9-18(24)15-21(22)25-23(27)17-7-10-19(11-8-17)26(3)31(28,29)20-12-5-16(2)6-13-20/h5-15H,4H2,1-3H3,(H,25,27). The summed E-state index contributed by atoms with van der Waals surface area (Å²) in [6, 6.07) is 17.9. The van der Waals surface area contributed by atoms with Crippen LogP contribution in [0.4, 0.5) is 11.4 Å². The number of halogens is 1. The van der Waals surface area contributed by atoms with Crippen LogP contribution in [0.5, 0.6) is 5.75 Å². The fourth-order valence-electron chi connectivity index (χ4n) is 2.91. The minimum absolute atomic E-state index is 0.201. The fraction of sp³-hybridized carbons (Fsp3) is 0.174. The Balaban J connectivity index is 1.79.